The molecule has 0 heterocycles. The molecule has 2 aromatic carbocycles. The second kappa shape index (κ2) is 9.43. The molecule has 0 radical (unpaired) electrons. The quantitative estimate of drug-likeness (QED) is 0.685. The normalized spacial score (nSPS) is 11.7. The van der Waals surface area contributed by atoms with E-state index in [1.807, 2.05) is 6.07 Å². The molecule has 2 N–H and O–H groups in total. The zero-order chi connectivity index (χ0) is 19.1. The molecule has 1 amide bonds. The molecule has 1 unspecified atom stereocenters. The smallest absolute Gasteiger partial charge is 0.406 e. The largest absolute Gasteiger partial charge is 0.478 e. The number of nitrogens with one attached hydrogen (secondary N) is 1. The van der Waals surface area contributed by atoms with Crippen LogP contribution in [0.3, 0.4) is 0 Å². The van der Waals surface area contributed by atoms with Crippen molar-refractivity contribution in [3.8, 4) is 0 Å². The lowest BCUT2D eigenvalue weighted by Gasteiger charge is -2.20. The molecule has 6 nitrogen and oxygen atoms in total. The fraction of sp³-hybridized carbons (Fsp3) is 0.222. The molecule has 0 saturated heterocycles. The van der Waals surface area contributed by atoms with Crippen LogP contribution in [0, 0.1) is 0 Å². The first kappa shape index (κ1) is 20.0. The number of methoxy groups -OCH3 is 1. The van der Waals surface area contributed by atoms with Crippen LogP contribution in [0.25, 0.3) is 0 Å². The summed E-state index contributed by atoms with van der Waals surface area (Å²) in [6.45, 7) is 0.386. The van der Waals surface area contributed by atoms with Crippen LogP contribution in [0.15, 0.2) is 42.5 Å². The molecule has 2 rings (SSSR count). The standard InChI is InChI=1S/C18H17Cl2NO5/c1-25-18(24)21-5-6-26-16(11-3-2-4-14(19)8-11)12-7-13(17(22)23)10-15(20)9-12/h2-4,7-10,16H,5-6H2,1H3,(H,21,24)(H,22,23). The lowest BCUT2D eigenvalue weighted by molar-refractivity contribution is 0.0693. The SMILES string of the molecule is COC(=O)NCCOC(c1cccc(Cl)c1)c1cc(Cl)cc(C(=O)O)c1. The molecule has 8 heteroatoms. The van der Waals surface area contributed by atoms with E-state index in [4.69, 9.17) is 27.9 Å². The highest BCUT2D eigenvalue weighted by Crippen LogP contribution is 2.30. The van der Waals surface area contributed by atoms with Crippen molar-refractivity contribution in [2.75, 3.05) is 20.3 Å². The van der Waals surface area contributed by atoms with Gasteiger partial charge in [-0.3, -0.25) is 0 Å². The maximum atomic E-state index is 11.3. The summed E-state index contributed by atoms with van der Waals surface area (Å²) in [5.41, 5.74) is 1.35. The van der Waals surface area contributed by atoms with Crippen LogP contribution in [0.2, 0.25) is 10.0 Å². The molecule has 0 aromatic heterocycles. The van der Waals surface area contributed by atoms with Gasteiger partial charge in [0.05, 0.1) is 19.3 Å². The van der Waals surface area contributed by atoms with Crippen LogP contribution in [-0.4, -0.2) is 37.4 Å². The van der Waals surface area contributed by atoms with Crippen molar-refractivity contribution in [3.63, 3.8) is 0 Å². The van der Waals surface area contributed by atoms with Gasteiger partial charge in [-0.25, -0.2) is 9.59 Å². The highest BCUT2D eigenvalue weighted by molar-refractivity contribution is 6.31. The Morgan fingerprint density at radius 2 is 1.85 bits per heavy atom. The Labute approximate surface area is 160 Å². The van der Waals surface area contributed by atoms with Crippen molar-refractivity contribution in [1.82, 2.24) is 5.32 Å². The first-order valence-electron chi connectivity index (χ1n) is 7.63. The number of halogens is 2. The summed E-state index contributed by atoms with van der Waals surface area (Å²) in [6.07, 6.45) is -1.17. The Bertz CT molecular complexity index is 797. The zero-order valence-electron chi connectivity index (χ0n) is 13.9. The van der Waals surface area contributed by atoms with E-state index in [1.165, 1.54) is 19.2 Å². The highest BCUT2D eigenvalue weighted by Gasteiger charge is 2.18. The number of alkyl carbamates (subject to hydrolysis) is 1. The molecular weight excluding hydrogens is 381 g/mol. The number of amides is 1. The predicted octanol–water partition coefficient (Wildman–Crippen LogP) is 4.15. The van der Waals surface area contributed by atoms with Gasteiger partial charge in [0.25, 0.3) is 0 Å². The number of hydrogen-bond donors (Lipinski definition) is 2. The summed E-state index contributed by atoms with van der Waals surface area (Å²) < 4.78 is 10.4. The van der Waals surface area contributed by atoms with Crippen LogP contribution < -0.4 is 5.32 Å². The summed E-state index contributed by atoms with van der Waals surface area (Å²) in [5.74, 6) is -1.09. The van der Waals surface area contributed by atoms with Crippen molar-refractivity contribution >= 4 is 35.3 Å². The molecule has 1 atom stereocenters. The molecule has 26 heavy (non-hydrogen) atoms. The molecule has 2 aromatic rings. The summed E-state index contributed by atoms with van der Waals surface area (Å²) in [7, 11) is 1.27. The van der Waals surface area contributed by atoms with Gasteiger partial charge in [0.2, 0.25) is 0 Å². The van der Waals surface area contributed by atoms with E-state index >= 15 is 0 Å². The van der Waals surface area contributed by atoms with Crippen LogP contribution in [-0.2, 0) is 9.47 Å². The Hall–Kier alpha value is -2.28. The first-order valence-corrected chi connectivity index (χ1v) is 8.39. The number of carboxylic acids is 1. The van der Waals surface area contributed by atoms with Crippen molar-refractivity contribution < 1.29 is 24.2 Å². The minimum atomic E-state index is -1.09. The molecule has 0 spiro atoms. The third-order valence-electron chi connectivity index (χ3n) is 3.46. The average molecular weight is 398 g/mol. The average Bonchev–Trinajstić information content (AvgIpc) is 2.60. The third kappa shape index (κ3) is 5.62. The van der Waals surface area contributed by atoms with Gasteiger partial charge in [-0.15, -0.1) is 0 Å². The van der Waals surface area contributed by atoms with Gasteiger partial charge in [0.1, 0.15) is 6.10 Å². The maximum absolute atomic E-state index is 11.3. The van der Waals surface area contributed by atoms with Crippen molar-refractivity contribution in [3.05, 3.63) is 69.2 Å². The Balaban J connectivity index is 2.28. The summed E-state index contributed by atoms with van der Waals surface area (Å²) in [6, 6.07) is 11.5. The molecule has 0 fully saturated rings. The van der Waals surface area contributed by atoms with Crippen molar-refractivity contribution in [1.29, 1.82) is 0 Å². The van der Waals surface area contributed by atoms with E-state index in [9.17, 15) is 14.7 Å². The number of carboxylic acid groups (broad SMARTS) is 1. The minimum absolute atomic E-state index is 0.0517. The Morgan fingerprint density at radius 3 is 2.50 bits per heavy atom. The second-order valence-corrected chi connectivity index (χ2v) is 6.18. The summed E-state index contributed by atoms with van der Waals surface area (Å²) in [4.78, 5) is 22.4. The van der Waals surface area contributed by atoms with Gasteiger partial charge in [0, 0.05) is 16.6 Å². The molecule has 0 aliphatic heterocycles. The maximum Gasteiger partial charge on any atom is 0.406 e. The van der Waals surface area contributed by atoms with E-state index < -0.39 is 18.2 Å². The fourth-order valence-corrected chi connectivity index (χ4v) is 2.79. The third-order valence-corrected chi connectivity index (χ3v) is 3.92. The van der Waals surface area contributed by atoms with Crippen LogP contribution in [0.4, 0.5) is 4.79 Å². The topological polar surface area (TPSA) is 84.9 Å². The molecule has 0 aliphatic rings. The van der Waals surface area contributed by atoms with Gasteiger partial charge in [-0.2, -0.15) is 0 Å². The van der Waals surface area contributed by atoms with Crippen LogP contribution >= 0.6 is 23.2 Å². The lowest BCUT2D eigenvalue weighted by Crippen LogP contribution is -2.27. The fourth-order valence-electron chi connectivity index (χ4n) is 2.34. The molecule has 0 bridgehead atoms. The van der Waals surface area contributed by atoms with Crippen LogP contribution in [0.5, 0.6) is 0 Å². The number of hydrogen-bond acceptors (Lipinski definition) is 4. The summed E-state index contributed by atoms with van der Waals surface area (Å²) >= 11 is 12.1. The van der Waals surface area contributed by atoms with Crippen molar-refractivity contribution in [2.24, 2.45) is 0 Å². The van der Waals surface area contributed by atoms with Gasteiger partial charge in [0.15, 0.2) is 0 Å². The number of carbonyl (C=O) groups excluding carboxylic acids is 1. The second-order valence-electron chi connectivity index (χ2n) is 5.30. The molecule has 0 saturated carbocycles. The molecule has 0 aliphatic carbocycles. The number of ether oxygens (including phenoxy) is 2. The number of aromatic carboxylic acids is 1. The van der Waals surface area contributed by atoms with E-state index in [1.54, 1.807) is 24.3 Å². The Morgan fingerprint density at radius 1 is 1.12 bits per heavy atom. The lowest BCUT2D eigenvalue weighted by atomic mass is 9.99. The minimum Gasteiger partial charge on any atom is -0.478 e. The highest BCUT2D eigenvalue weighted by atomic mass is 35.5. The van der Waals surface area contributed by atoms with E-state index in [-0.39, 0.29) is 23.7 Å². The summed E-state index contributed by atoms with van der Waals surface area (Å²) in [5, 5.41) is 12.6. The van der Waals surface area contributed by atoms with Gasteiger partial charge < -0.3 is 19.9 Å². The zero-order valence-corrected chi connectivity index (χ0v) is 15.4. The van der Waals surface area contributed by atoms with Gasteiger partial charge in [-0.05, 0) is 41.5 Å². The van der Waals surface area contributed by atoms with E-state index in [0.29, 0.717) is 10.6 Å². The molecular formula is C18H17Cl2NO5. The van der Waals surface area contributed by atoms with E-state index in [0.717, 1.165) is 5.56 Å². The van der Waals surface area contributed by atoms with Gasteiger partial charge >= 0.3 is 12.1 Å². The number of benzene rings is 2. The van der Waals surface area contributed by atoms with Crippen LogP contribution in [0.1, 0.15) is 27.6 Å². The predicted molar refractivity (Wildman–Crippen MR) is 98.1 cm³/mol. The number of carbonyl (C=O) groups is 2. The monoisotopic (exact) mass is 397 g/mol. The van der Waals surface area contributed by atoms with Gasteiger partial charge in [-0.1, -0.05) is 35.3 Å². The number of rotatable bonds is 7. The first-order chi connectivity index (χ1) is 12.4. The van der Waals surface area contributed by atoms with E-state index in [2.05, 4.69) is 10.1 Å². The van der Waals surface area contributed by atoms with Crippen molar-refractivity contribution in [2.45, 2.75) is 6.10 Å². The molecule has 138 valence electrons. The Kier molecular flexibility index (Phi) is 7.26.